The predicted molar refractivity (Wildman–Crippen MR) is 123 cm³/mol. The number of halogens is 3. The first-order chi connectivity index (χ1) is 16.2. The number of amides is 1. The molecule has 2 aliphatic rings. The molecule has 7 nitrogen and oxygen atoms in total. The van der Waals surface area contributed by atoms with E-state index >= 15 is 0 Å². The quantitative estimate of drug-likeness (QED) is 0.633. The van der Waals surface area contributed by atoms with E-state index < -0.39 is 12.4 Å². The van der Waals surface area contributed by atoms with Crippen LogP contribution in [-0.4, -0.2) is 70.8 Å². The number of alkyl halides is 3. The first-order valence-electron chi connectivity index (χ1n) is 11.9. The molecule has 0 radical (unpaired) electrons. The summed E-state index contributed by atoms with van der Waals surface area (Å²) in [5, 5.41) is 3.56. The van der Waals surface area contributed by atoms with Crippen molar-refractivity contribution in [3.63, 3.8) is 0 Å². The molecular weight excluding hydrogens is 447 g/mol. The molecule has 2 fully saturated rings. The standard InChI is InChI=1S/C24H32F3N5O2/c1-4-5-15-12-16(31(2)3)6-9-21(15)32-11-10-20(23(32)33)30-22-18-13-17(34-24(25,26)27)7-8-19(18)28-14-29-22/h7-8,13-16,20-21H,4-6,9-12H2,1-3H3,(H,28,29,30)/t15-,16-,20+,21+/m1/s1. The maximum atomic E-state index is 13.4. The number of fused-ring (bicyclic) bond motifs is 1. The van der Waals surface area contributed by atoms with Gasteiger partial charge in [-0.25, -0.2) is 9.97 Å². The number of likely N-dealkylation sites (tertiary alicyclic amines) is 1. The topological polar surface area (TPSA) is 70.6 Å². The molecule has 1 amide bonds. The van der Waals surface area contributed by atoms with E-state index in [2.05, 4.69) is 45.9 Å². The zero-order chi connectivity index (χ0) is 24.5. The summed E-state index contributed by atoms with van der Waals surface area (Å²) < 4.78 is 42.1. The van der Waals surface area contributed by atoms with Gasteiger partial charge in [-0.1, -0.05) is 13.3 Å². The molecule has 2 heterocycles. The minimum atomic E-state index is -4.79. The molecule has 2 aromatic rings. The van der Waals surface area contributed by atoms with Crippen molar-refractivity contribution < 1.29 is 22.7 Å². The van der Waals surface area contributed by atoms with Gasteiger partial charge >= 0.3 is 6.36 Å². The van der Waals surface area contributed by atoms with E-state index in [-0.39, 0.29) is 17.7 Å². The number of carbonyl (C=O) groups is 1. The van der Waals surface area contributed by atoms with Crippen LogP contribution in [-0.2, 0) is 4.79 Å². The summed E-state index contributed by atoms with van der Waals surface area (Å²) in [6.07, 6.45) is 2.49. The fraction of sp³-hybridized carbons (Fsp3) is 0.625. The third-order valence-electron chi connectivity index (χ3n) is 7.10. The molecule has 1 saturated heterocycles. The van der Waals surface area contributed by atoms with E-state index in [4.69, 9.17) is 0 Å². The molecule has 0 unspecified atom stereocenters. The van der Waals surface area contributed by atoms with Gasteiger partial charge < -0.3 is 19.9 Å². The highest BCUT2D eigenvalue weighted by Gasteiger charge is 2.42. The number of aromatic nitrogens is 2. The van der Waals surface area contributed by atoms with Crippen molar-refractivity contribution in [1.82, 2.24) is 19.8 Å². The molecule has 0 bridgehead atoms. The Balaban J connectivity index is 1.50. The van der Waals surface area contributed by atoms with Gasteiger partial charge in [-0.05, 0) is 70.3 Å². The molecule has 4 atom stereocenters. The van der Waals surface area contributed by atoms with Crippen molar-refractivity contribution >= 4 is 22.6 Å². The van der Waals surface area contributed by atoms with Crippen LogP contribution in [0.5, 0.6) is 5.75 Å². The van der Waals surface area contributed by atoms with Crippen molar-refractivity contribution in [2.45, 2.75) is 69.9 Å². The van der Waals surface area contributed by atoms with Crippen molar-refractivity contribution in [3.8, 4) is 5.75 Å². The zero-order valence-corrected chi connectivity index (χ0v) is 19.8. The summed E-state index contributed by atoms with van der Waals surface area (Å²) in [7, 11) is 4.23. The van der Waals surface area contributed by atoms with Gasteiger partial charge in [0, 0.05) is 24.0 Å². The maximum Gasteiger partial charge on any atom is 0.573 e. The molecule has 34 heavy (non-hydrogen) atoms. The monoisotopic (exact) mass is 479 g/mol. The summed E-state index contributed by atoms with van der Waals surface area (Å²) in [5.41, 5.74) is 0.472. The highest BCUT2D eigenvalue weighted by Crippen LogP contribution is 2.36. The lowest BCUT2D eigenvalue weighted by molar-refractivity contribution is -0.274. The molecule has 1 aliphatic carbocycles. The molecule has 4 rings (SSSR count). The smallest absolute Gasteiger partial charge is 0.406 e. The van der Waals surface area contributed by atoms with Crippen LogP contribution in [0.15, 0.2) is 24.5 Å². The van der Waals surface area contributed by atoms with Crippen molar-refractivity contribution in [1.29, 1.82) is 0 Å². The van der Waals surface area contributed by atoms with Crippen LogP contribution in [0, 0.1) is 5.92 Å². The molecule has 1 saturated carbocycles. The van der Waals surface area contributed by atoms with E-state index in [0.29, 0.717) is 41.6 Å². The van der Waals surface area contributed by atoms with Gasteiger partial charge in [0.15, 0.2) is 0 Å². The lowest BCUT2D eigenvalue weighted by Crippen LogP contribution is -2.49. The van der Waals surface area contributed by atoms with Gasteiger partial charge in [0.25, 0.3) is 0 Å². The Morgan fingerprint density at radius 3 is 2.71 bits per heavy atom. The Kier molecular flexibility index (Phi) is 7.16. The van der Waals surface area contributed by atoms with Gasteiger partial charge in [0.05, 0.1) is 5.52 Å². The van der Waals surface area contributed by atoms with Crippen LogP contribution in [0.4, 0.5) is 19.0 Å². The summed E-state index contributed by atoms with van der Waals surface area (Å²) in [4.78, 5) is 26.0. The van der Waals surface area contributed by atoms with E-state index in [1.807, 2.05) is 4.90 Å². The van der Waals surface area contributed by atoms with Gasteiger partial charge in [-0.3, -0.25) is 4.79 Å². The molecule has 1 aromatic carbocycles. The minimum absolute atomic E-state index is 0.0314. The molecule has 1 aromatic heterocycles. The normalized spacial score (nSPS) is 25.9. The van der Waals surface area contributed by atoms with E-state index in [1.54, 1.807) is 0 Å². The first kappa shape index (κ1) is 24.5. The van der Waals surface area contributed by atoms with Crippen LogP contribution in [0.2, 0.25) is 0 Å². The fourth-order valence-corrected chi connectivity index (χ4v) is 5.46. The summed E-state index contributed by atoms with van der Waals surface area (Å²) in [6.45, 7) is 2.85. The van der Waals surface area contributed by atoms with Gasteiger partial charge in [0.1, 0.15) is 23.9 Å². The molecular formula is C24H32F3N5O2. The Morgan fingerprint density at radius 2 is 2.00 bits per heavy atom. The number of rotatable bonds is 7. The first-order valence-corrected chi connectivity index (χ1v) is 11.9. The van der Waals surface area contributed by atoms with Gasteiger partial charge in [-0.15, -0.1) is 13.2 Å². The predicted octanol–water partition coefficient (Wildman–Crippen LogP) is 4.44. The summed E-state index contributed by atoms with van der Waals surface area (Å²) in [5.74, 6) is 0.483. The molecule has 1 aliphatic heterocycles. The highest BCUT2D eigenvalue weighted by atomic mass is 19.4. The van der Waals surface area contributed by atoms with Gasteiger partial charge in [-0.2, -0.15) is 0 Å². The van der Waals surface area contributed by atoms with Crippen molar-refractivity contribution in [3.05, 3.63) is 24.5 Å². The van der Waals surface area contributed by atoms with Crippen LogP contribution < -0.4 is 10.1 Å². The van der Waals surface area contributed by atoms with E-state index in [1.165, 1.54) is 24.5 Å². The van der Waals surface area contributed by atoms with Crippen LogP contribution in [0.25, 0.3) is 10.9 Å². The number of hydrogen-bond acceptors (Lipinski definition) is 6. The lowest BCUT2D eigenvalue weighted by atomic mass is 9.78. The van der Waals surface area contributed by atoms with Crippen molar-refractivity contribution in [2.75, 3.05) is 26.0 Å². The third-order valence-corrected chi connectivity index (χ3v) is 7.10. The second-order valence-corrected chi connectivity index (χ2v) is 9.51. The fourth-order valence-electron chi connectivity index (χ4n) is 5.46. The number of benzene rings is 1. The molecule has 0 spiro atoms. The number of hydrogen-bond donors (Lipinski definition) is 1. The average molecular weight is 480 g/mol. The number of carbonyl (C=O) groups excluding carboxylic acids is 1. The number of ether oxygens (including phenoxy) is 1. The lowest BCUT2D eigenvalue weighted by Gasteiger charge is -2.43. The zero-order valence-electron chi connectivity index (χ0n) is 19.8. The highest BCUT2D eigenvalue weighted by molar-refractivity contribution is 5.93. The Morgan fingerprint density at radius 1 is 1.21 bits per heavy atom. The molecule has 186 valence electrons. The Bertz CT molecular complexity index is 1020. The second-order valence-electron chi connectivity index (χ2n) is 9.51. The minimum Gasteiger partial charge on any atom is -0.406 e. The van der Waals surface area contributed by atoms with Crippen molar-refractivity contribution in [2.24, 2.45) is 5.92 Å². The second kappa shape index (κ2) is 9.93. The largest absolute Gasteiger partial charge is 0.573 e. The Hall–Kier alpha value is -2.62. The van der Waals surface area contributed by atoms with E-state index in [9.17, 15) is 18.0 Å². The van der Waals surface area contributed by atoms with Crippen LogP contribution >= 0.6 is 0 Å². The molecule has 1 N–H and O–H groups in total. The van der Waals surface area contributed by atoms with Crippen LogP contribution in [0.3, 0.4) is 0 Å². The molecule has 10 heteroatoms. The Labute approximate surface area is 197 Å². The average Bonchev–Trinajstić information content (AvgIpc) is 3.13. The van der Waals surface area contributed by atoms with Crippen LogP contribution in [0.1, 0.15) is 45.4 Å². The number of nitrogens with one attached hydrogen (secondary N) is 1. The maximum absolute atomic E-state index is 13.4. The number of nitrogens with zero attached hydrogens (tertiary/aromatic N) is 4. The van der Waals surface area contributed by atoms with E-state index in [0.717, 1.165) is 32.1 Å². The summed E-state index contributed by atoms with van der Waals surface area (Å²) in [6, 6.07) is 4.21. The number of anilines is 1. The summed E-state index contributed by atoms with van der Waals surface area (Å²) >= 11 is 0. The SMILES string of the molecule is CCC[C@@H]1C[C@H](N(C)C)CC[C@@H]1N1CC[C@H](Nc2ncnc3ccc(OC(F)(F)F)cc23)C1=O. The van der Waals surface area contributed by atoms with Gasteiger partial charge in [0.2, 0.25) is 5.91 Å². The third kappa shape index (κ3) is 5.37.